The molecule has 2 aromatic carbocycles. The van der Waals surface area contributed by atoms with Gasteiger partial charge in [0.1, 0.15) is 6.61 Å². The molecule has 2 N–H and O–H groups in total. The van der Waals surface area contributed by atoms with E-state index in [-0.39, 0.29) is 18.1 Å². The Kier molecular flexibility index (Phi) is 5.91. The van der Waals surface area contributed by atoms with E-state index >= 15 is 0 Å². The molecule has 2 aliphatic rings. The summed E-state index contributed by atoms with van der Waals surface area (Å²) >= 11 is 0. The Morgan fingerprint density at radius 3 is 2.31 bits per heavy atom. The molecule has 2 aromatic rings. The summed E-state index contributed by atoms with van der Waals surface area (Å²) in [6.45, 7) is 6.27. The van der Waals surface area contributed by atoms with Crippen LogP contribution in [-0.4, -0.2) is 36.7 Å². The topological polar surface area (TPSA) is 55.6 Å². The standard InChI is InChI=1S/C25H32N2O2/c1-17(2)24-15-18(11-13-26)12-14-27(24)25(28)29-16-23-21-9-5-3-7-19(21)20-8-4-6-10-22(20)23/h3-10,17-18,23-24H,11-16,26H2,1-2H3. The summed E-state index contributed by atoms with van der Waals surface area (Å²) in [6, 6.07) is 17.1. The summed E-state index contributed by atoms with van der Waals surface area (Å²) in [5, 5.41) is 0. The summed E-state index contributed by atoms with van der Waals surface area (Å²) in [6.07, 6.45) is 2.92. The van der Waals surface area contributed by atoms with Gasteiger partial charge in [0, 0.05) is 18.5 Å². The molecule has 1 aliphatic carbocycles. The molecular weight excluding hydrogens is 360 g/mol. The van der Waals surface area contributed by atoms with E-state index in [9.17, 15) is 4.79 Å². The molecule has 154 valence electrons. The van der Waals surface area contributed by atoms with Gasteiger partial charge < -0.3 is 15.4 Å². The molecular formula is C25H32N2O2. The predicted octanol–water partition coefficient (Wildman–Crippen LogP) is 5.02. The van der Waals surface area contributed by atoms with Gasteiger partial charge in [-0.1, -0.05) is 62.4 Å². The Morgan fingerprint density at radius 2 is 1.72 bits per heavy atom. The van der Waals surface area contributed by atoms with Gasteiger partial charge in [0.25, 0.3) is 0 Å². The Morgan fingerprint density at radius 1 is 1.10 bits per heavy atom. The molecule has 1 saturated heterocycles. The molecule has 4 heteroatoms. The number of hydrogen-bond acceptors (Lipinski definition) is 3. The van der Waals surface area contributed by atoms with Crippen LogP contribution in [0.3, 0.4) is 0 Å². The highest BCUT2D eigenvalue weighted by Crippen LogP contribution is 2.44. The van der Waals surface area contributed by atoms with Crippen molar-refractivity contribution in [2.45, 2.75) is 45.1 Å². The number of nitrogens with two attached hydrogens (primary N) is 1. The summed E-state index contributed by atoms with van der Waals surface area (Å²) in [7, 11) is 0. The largest absolute Gasteiger partial charge is 0.448 e. The molecule has 4 rings (SSSR count). The van der Waals surface area contributed by atoms with Gasteiger partial charge in [0.2, 0.25) is 0 Å². The molecule has 1 heterocycles. The zero-order valence-corrected chi connectivity index (χ0v) is 17.5. The number of carbonyl (C=O) groups is 1. The van der Waals surface area contributed by atoms with Crippen LogP contribution >= 0.6 is 0 Å². The first-order chi connectivity index (χ1) is 14.1. The average Bonchev–Trinajstić information content (AvgIpc) is 3.06. The van der Waals surface area contributed by atoms with Crippen LogP contribution in [0.25, 0.3) is 11.1 Å². The second kappa shape index (κ2) is 8.58. The molecule has 1 amide bonds. The van der Waals surface area contributed by atoms with E-state index in [1.165, 1.54) is 22.3 Å². The fraction of sp³-hybridized carbons (Fsp3) is 0.480. The predicted molar refractivity (Wildman–Crippen MR) is 117 cm³/mol. The zero-order valence-electron chi connectivity index (χ0n) is 17.5. The maximum Gasteiger partial charge on any atom is 0.410 e. The number of hydrogen-bond donors (Lipinski definition) is 1. The first-order valence-electron chi connectivity index (χ1n) is 10.9. The van der Waals surface area contributed by atoms with E-state index < -0.39 is 0 Å². The van der Waals surface area contributed by atoms with Crippen LogP contribution in [0.4, 0.5) is 4.79 Å². The van der Waals surface area contributed by atoms with Gasteiger partial charge in [-0.2, -0.15) is 0 Å². The highest BCUT2D eigenvalue weighted by molar-refractivity contribution is 5.79. The number of rotatable bonds is 5. The summed E-state index contributed by atoms with van der Waals surface area (Å²) < 4.78 is 5.92. The average molecular weight is 393 g/mol. The second-order valence-electron chi connectivity index (χ2n) is 8.78. The van der Waals surface area contributed by atoms with Crippen LogP contribution in [-0.2, 0) is 4.74 Å². The molecule has 2 atom stereocenters. The smallest absolute Gasteiger partial charge is 0.410 e. The van der Waals surface area contributed by atoms with Crippen LogP contribution in [0, 0.1) is 11.8 Å². The Balaban J connectivity index is 1.47. The lowest BCUT2D eigenvalue weighted by molar-refractivity contribution is 0.0451. The van der Waals surface area contributed by atoms with E-state index in [1.807, 2.05) is 4.90 Å². The number of amides is 1. The van der Waals surface area contributed by atoms with Crippen molar-refractivity contribution in [2.24, 2.45) is 17.6 Å². The fourth-order valence-electron chi connectivity index (χ4n) is 5.11. The maximum atomic E-state index is 13.0. The van der Waals surface area contributed by atoms with Crippen molar-refractivity contribution in [3.8, 4) is 11.1 Å². The SMILES string of the molecule is CC(C)C1CC(CCN)CCN1C(=O)OCC1c2ccccc2-c2ccccc21. The number of ether oxygens (including phenoxy) is 1. The first-order valence-corrected chi connectivity index (χ1v) is 10.9. The minimum absolute atomic E-state index is 0.110. The van der Waals surface area contributed by atoms with Crippen LogP contribution in [0.2, 0.25) is 0 Å². The van der Waals surface area contributed by atoms with Crippen molar-refractivity contribution in [1.29, 1.82) is 0 Å². The van der Waals surface area contributed by atoms with Crippen LogP contribution < -0.4 is 5.73 Å². The second-order valence-corrected chi connectivity index (χ2v) is 8.78. The molecule has 4 nitrogen and oxygen atoms in total. The number of carbonyl (C=O) groups excluding carboxylic acids is 1. The number of nitrogens with zero attached hydrogens (tertiary/aromatic N) is 1. The van der Waals surface area contributed by atoms with Gasteiger partial charge in [-0.3, -0.25) is 0 Å². The number of benzene rings is 2. The van der Waals surface area contributed by atoms with Crippen LogP contribution in [0.1, 0.15) is 50.2 Å². The van der Waals surface area contributed by atoms with Crippen LogP contribution in [0.5, 0.6) is 0 Å². The fourth-order valence-corrected chi connectivity index (χ4v) is 5.11. The molecule has 0 bridgehead atoms. The van der Waals surface area contributed by atoms with Gasteiger partial charge in [0.15, 0.2) is 0 Å². The number of fused-ring (bicyclic) bond motifs is 3. The Labute approximate surface area is 174 Å². The quantitative estimate of drug-likeness (QED) is 0.777. The molecule has 0 spiro atoms. The van der Waals surface area contributed by atoms with Gasteiger partial charge in [-0.25, -0.2) is 4.79 Å². The maximum absolute atomic E-state index is 13.0. The Bertz CT molecular complexity index is 818. The molecule has 0 aromatic heterocycles. The molecule has 0 radical (unpaired) electrons. The van der Waals surface area contributed by atoms with Crippen molar-refractivity contribution in [3.63, 3.8) is 0 Å². The van der Waals surface area contributed by atoms with E-state index in [1.54, 1.807) is 0 Å². The third-order valence-electron chi connectivity index (χ3n) is 6.67. The summed E-state index contributed by atoms with van der Waals surface area (Å²) in [5.41, 5.74) is 10.8. The third-order valence-corrected chi connectivity index (χ3v) is 6.67. The van der Waals surface area contributed by atoms with Crippen LogP contribution in [0.15, 0.2) is 48.5 Å². The van der Waals surface area contributed by atoms with E-state index in [2.05, 4.69) is 62.4 Å². The van der Waals surface area contributed by atoms with Crippen molar-refractivity contribution in [1.82, 2.24) is 4.90 Å². The molecule has 1 fully saturated rings. The highest BCUT2D eigenvalue weighted by atomic mass is 16.6. The zero-order chi connectivity index (χ0) is 20.4. The number of likely N-dealkylation sites (tertiary alicyclic amines) is 1. The molecule has 0 saturated carbocycles. The molecule has 2 unspecified atom stereocenters. The minimum atomic E-state index is -0.170. The molecule has 29 heavy (non-hydrogen) atoms. The van der Waals surface area contributed by atoms with E-state index in [0.29, 0.717) is 18.4 Å². The molecule has 1 aliphatic heterocycles. The summed E-state index contributed by atoms with van der Waals surface area (Å²) in [4.78, 5) is 15.0. The van der Waals surface area contributed by atoms with Gasteiger partial charge >= 0.3 is 6.09 Å². The van der Waals surface area contributed by atoms with Crippen molar-refractivity contribution in [2.75, 3.05) is 19.7 Å². The summed E-state index contributed by atoms with van der Waals surface area (Å²) in [5.74, 6) is 1.14. The normalized spacial score (nSPS) is 21.2. The van der Waals surface area contributed by atoms with Crippen molar-refractivity contribution >= 4 is 6.09 Å². The lowest BCUT2D eigenvalue weighted by Crippen LogP contribution is -2.49. The Hall–Kier alpha value is -2.33. The monoisotopic (exact) mass is 392 g/mol. The first kappa shape index (κ1) is 20.0. The van der Waals surface area contributed by atoms with E-state index in [4.69, 9.17) is 10.5 Å². The van der Waals surface area contributed by atoms with Gasteiger partial charge in [0.05, 0.1) is 0 Å². The van der Waals surface area contributed by atoms with Crippen molar-refractivity contribution < 1.29 is 9.53 Å². The van der Waals surface area contributed by atoms with Crippen molar-refractivity contribution in [3.05, 3.63) is 59.7 Å². The van der Waals surface area contributed by atoms with Gasteiger partial charge in [-0.05, 0) is 59.9 Å². The third kappa shape index (κ3) is 3.91. The lowest BCUT2D eigenvalue weighted by atomic mass is 9.84. The minimum Gasteiger partial charge on any atom is -0.448 e. The van der Waals surface area contributed by atoms with E-state index in [0.717, 1.165) is 32.4 Å². The lowest BCUT2D eigenvalue weighted by Gasteiger charge is -2.41. The highest BCUT2D eigenvalue weighted by Gasteiger charge is 2.35. The number of piperidine rings is 1. The van der Waals surface area contributed by atoms with Gasteiger partial charge in [-0.15, -0.1) is 0 Å².